The summed E-state index contributed by atoms with van der Waals surface area (Å²) in [6.07, 6.45) is 1.80. The normalized spacial score (nSPS) is 18.9. The van der Waals surface area contributed by atoms with Crippen LogP contribution in [0.3, 0.4) is 0 Å². The Kier molecular flexibility index (Phi) is 6.03. The number of hydrazine groups is 1. The van der Waals surface area contributed by atoms with Crippen LogP contribution in [0.5, 0.6) is 0 Å². The van der Waals surface area contributed by atoms with Crippen molar-refractivity contribution in [2.24, 2.45) is 5.92 Å². The van der Waals surface area contributed by atoms with Gasteiger partial charge in [-0.2, -0.15) is 0 Å². The number of hydrogen-bond acceptors (Lipinski definition) is 4. The van der Waals surface area contributed by atoms with Gasteiger partial charge in [-0.25, -0.2) is 10.4 Å². The first-order valence-electron chi connectivity index (χ1n) is 11.2. The third kappa shape index (κ3) is 4.45. The van der Waals surface area contributed by atoms with Crippen molar-refractivity contribution in [1.82, 2.24) is 10.7 Å². The molecule has 7 heteroatoms. The van der Waals surface area contributed by atoms with Gasteiger partial charge in [0.1, 0.15) is 0 Å². The van der Waals surface area contributed by atoms with E-state index in [0.717, 1.165) is 29.8 Å². The fourth-order valence-electron chi connectivity index (χ4n) is 4.47. The zero-order valence-corrected chi connectivity index (χ0v) is 18.8. The van der Waals surface area contributed by atoms with E-state index in [1.54, 1.807) is 17.1 Å². The number of halogens is 1. The molecule has 3 aromatic rings. The van der Waals surface area contributed by atoms with E-state index in [-0.39, 0.29) is 23.8 Å². The van der Waals surface area contributed by atoms with Gasteiger partial charge in [-0.05, 0) is 66.4 Å². The Bertz CT molecular complexity index is 1170. The number of fused-ring (bicyclic) bond motifs is 3. The van der Waals surface area contributed by atoms with Gasteiger partial charge in [-0.15, -0.1) is 0 Å². The summed E-state index contributed by atoms with van der Waals surface area (Å²) in [6.45, 7) is 1.15. The van der Waals surface area contributed by atoms with Crippen LogP contribution in [-0.4, -0.2) is 24.9 Å². The van der Waals surface area contributed by atoms with E-state index in [9.17, 15) is 9.59 Å². The van der Waals surface area contributed by atoms with Gasteiger partial charge in [-0.1, -0.05) is 41.9 Å². The number of rotatable bonds is 6. The molecule has 168 valence electrons. The largest absolute Gasteiger partial charge is 0.384 e. The Morgan fingerprint density at radius 1 is 1.06 bits per heavy atom. The topological polar surface area (TPSA) is 73.5 Å². The summed E-state index contributed by atoms with van der Waals surface area (Å²) >= 11 is 6.00. The van der Waals surface area contributed by atoms with Crippen molar-refractivity contribution < 1.29 is 9.59 Å². The molecule has 1 saturated heterocycles. The molecule has 1 fully saturated rings. The van der Waals surface area contributed by atoms with Crippen LogP contribution in [0.25, 0.3) is 0 Å². The number of amides is 2. The Labute approximate surface area is 197 Å². The predicted molar refractivity (Wildman–Crippen MR) is 130 cm³/mol. The third-order valence-corrected chi connectivity index (χ3v) is 6.48. The van der Waals surface area contributed by atoms with Crippen molar-refractivity contribution >= 4 is 34.8 Å². The molecular weight excluding hydrogens is 436 g/mol. The van der Waals surface area contributed by atoms with Crippen LogP contribution < -0.4 is 21.1 Å². The first-order valence-corrected chi connectivity index (χ1v) is 11.5. The number of carbonyl (C=O) groups excluding carboxylic acids is 2. The van der Waals surface area contributed by atoms with Gasteiger partial charge in [0.15, 0.2) is 0 Å². The van der Waals surface area contributed by atoms with Crippen molar-refractivity contribution in [2.45, 2.75) is 18.9 Å². The van der Waals surface area contributed by atoms with Crippen LogP contribution in [0, 0.1) is 5.92 Å². The minimum Gasteiger partial charge on any atom is -0.384 e. The van der Waals surface area contributed by atoms with Gasteiger partial charge >= 0.3 is 0 Å². The second kappa shape index (κ2) is 9.25. The van der Waals surface area contributed by atoms with Gasteiger partial charge < -0.3 is 10.6 Å². The molecule has 33 heavy (non-hydrogen) atoms. The summed E-state index contributed by atoms with van der Waals surface area (Å²) in [6, 6.07) is 22.8. The van der Waals surface area contributed by atoms with Crippen molar-refractivity contribution in [3.8, 4) is 0 Å². The summed E-state index contributed by atoms with van der Waals surface area (Å²) in [5.41, 5.74) is 7.80. The highest BCUT2D eigenvalue weighted by molar-refractivity contribution is 6.30. The molecule has 2 aliphatic rings. The molecule has 3 N–H and O–H groups in total. The summed E-state index contributed by atoms with van der Waals surface area (Å²) in [7, 11) is 0. The number of nitrogens with one attached hydrogen (secondary N) is 3. The molecule has 2 heterocycles. The molecule has 0 spiro atoms. The van der Waals surface area contributed by atoms with Crippen molar-refractivity contribution in [3.63, 3.8) is 0 Å². The van der Waals surface area contributed by atoms with Gasteiger partial charge in [-0.3, -0.25) is 9.59 Å². The molecular formula is C26H25ClN4O2. The second-order valence-corrected chi connectivity index (χ2v) is 8.83. The minimum absolute atomic E-state index is 0.00348. The predicted octanol–water partition coefficient (Wildman–Crippen LogP) is 4.34. The quantitative estimate of drug-likeness (QED) is 0.478. The van der Waals surface area contributed by atoms with E-state index in [4.69, 9.17) is 11.6 Å². The maximum absolute atomic E-state index is 13.1. The molecule has 3 aromatic carbocycles. The monoisotopic (exact) mass is 460 g/mol. The maximum atomic E-state index is 13.1. The lowest BCUT2D eigenvalue weighted by Crippen LogP contribution is -2.35. The minimum atomic E-state index is -0.252. The zero-order valence-electron chi connectivity index (χ0n) is 18.1. The first kappa shape index (κ1) is 21.5. The van der Waals surface area contributed by atoms with E-state index < -0.39 is 0 Å². The smallest absolute Gasteiger partial charge is 0.251 e. The summed E-state index contributed by atoms with van der Waals surface area (Å²) < 4.78 is 0. The van der Waals surface area contributed by atoms with E-state index in [0.29, 0.717) is 23.7 Å². The number of benzene rings is 3. The average Bonchev–Trinajstić information content (AvgIpc) is 3.19. The molecule has 2 aliphatic heterocycles. The number of carbonyl (C=O) groups is 2. The van der Waals surface area contributed by atoms with Crippen LogP contribution >= 0.6 is 11.6 Å². The standard InChI is InChI=1S/C26H25ClN4O2/c27-19-9-11-20(12-10-19)31-26(33)22-16-29-23-13-8-18(15-21(23)24(22)30-31)25(32)28-14-4-7-17-5-2-1-3-6-17/h1-3,5-6,8-13,15,22,24,29-30H,4,7,14,16H2,(H,28,32). The van der Waals surface area contributed by atoms with Crippen LogP contribution in [0.2, 0.25) is 5.02 Å². The fourth-order valence-corrected chi connectivity index (χ4v) is 4.59. The number of nitrogens with zero attached hydrogens (tertiary/aromatic N) is 1. The lowest BCUT2D eigenvalue weighted by molar-refractivity contribution is -0.120. The summed E-state index contributed by atoms with van der Waals surface area (Å²) in [5.74, 6) is -0.361. The molecule has 0 bridgehead atoms. The highest BCUT2D eigenvalue weighted by Crippen LogP contribution is 2.40. The van der Waals surface area contributed by atoms with Crippen molar-refractivity contribution in [3.05, 3.63) is 94.5 Å². The fraction of sp³-hybridized carbons (Fsp3) is 0.231. The van der Waals surface area contributed by atoms with Gasteiger partial charge in [0.05, 0.1) is 17.6 Å². The number of aryl methyl sites for hydroxylation is 1. The average molecular weight is 461 g/mol. The Morgan fingerprint density at radius 3 is 2.64 bits per heavy atom. The molecule has 2 amide bonds. The summed E-state index contributed by atoms with van der Waals surface area (Å²) in [5, 5.41) is 8.56. The second-order valence-electron chi connectivity index (χ2n) is 8.39. The number of hydrogen-bond donors (Lipinski definition) is 3. The van der Waals surface area contributed by atoms with Crippen LogP contribution in [-0.2, 0) is 11.2 Å². The van der Waals surface area contributed by atoms with Crippen LogP contribution in [0.15, 0.2) is 72.8 Å². The van der Waals surface area contributed by atoms with Crippen LogP contribution in [0.4, 0.5) is 11.4 Å². The number of anilines is 2. The molecule has 0 radical (unpaired) electrons. The van der Waals surface area contributed by atoms with Crippen LogP contribution in [0.1, 0.15) is 33.9 Å². The molecule has 5 rings (SSSR count). The molecule has 2 atom stereocenters. The molecule has 0 saturated carbocycles. The maximum Gasteiger partial charge on any atom is 0.251 e. The van der Waals surface area contributed by atoms with Crippen molar-refractivity contribution in [1.29, 1.82) is 0 Å². The van der Waals surface area contributed by atoms with E-state index >= 15 is 0 Å². The van der Waals surface area contributed by atoms with Gasteiger partial charge in [0.2, 0.25) is 5.91 Å². The zero-order chi connectivity index (χ0) is 22.8. The van der Waals surface area contributed by atoms with Crippen molar-refractivity contribution in [2.75, 3.05) is 23.4 Å². The lowest BCUT2D eigenvalue weighted by Gasteiger charge is -2.27. The van der Waals surface area contributed by atoms with Gasteiger partial charge in [0.25, 0.3) is 5.91 Å². The summed E-state index contributed by atoms with van der Waals surface area (Å²) in [4.78, 5) is 25.8. The highest BCUT2D eigenvalue weighted by Gasteiger charge is 2.44. The Morgan fingerprint density at radius 2 is 1.85 bits per heavy atom. The van der Waals surface area contributed by atoms with E-state index in [1.807, 2.05) is 48.5 Å². The molecule has 0 aromatic heterocycles. The molecule has 6 nitrogen and oxygen atoms in total. The third-order valence-electron chi connectivity index (χ3n) is 6.22. The first-order chi connectivity index (χ1) is 16.1. The molecule has 0 aliphatic carbocycles. The highest BCUT2D eigenvalue weighted by atomic mass is 35.5. The van der Waals surface area contributed by atoms with Gasteiger partial charge in [0, 0.05) is 29.4 Å². The van der Waals surface area contributed by atoms with E-state index in [2.05, 4.69) is 28.2 Å². The Hall–Kier alpha value is -3.35. The molecule has 2 unspecified atom stereocenters. The SMILES string of the molecule is O=C(NCCCc1ccccc1)c1ccc2c(c1)C1NN(c3ccc(Cl)cc3)C(=O)C1CN2. The van der Waals surface area contributed by atoms with E-state index in [1.165, 1.54) is 5.56 Å². The lowest BCUT2D eigenvalue weighted by atomic mass is 9.88. The Balaban J connectivity index is 1.27.